The average molecular weight is 425 g/mol. The molecule has 7 nitrogen and oxygen atoms in total. The number of hydrogen-bond acceptors (Lipinski definition) is 4. The molecule has 2 aromatic carbocycles. The van der Waals surface area contributed by atoms with E-state index in [1.165, 1.54) is 0 Å². The van der Waals surface area contributed by atoms with Crippen LogP contribution >= 0.6 is 0 Å². The first kappa shape index (κ1) is 21.3. The third-order valence-corrected chi connectivity index (χ3v) is 5.75. The number of carbonyl (C=O) groups is 1. The Bertz CT molecular complexity index is 1150. The summed E-state index contributed by atoms with van der Waals surface area (Å²) in [5.74, 6) is -0.530. The van der Waals surface area contributed by atoms with Gasteiger partial charge in [0.15, 0.2) is 0 Å². The van der Waals surface area contributed by atoms with Crippen molar-refractivity contribution in [2.75, 3.05) is 17.1 Å². The maximum absolute atomic E-state index is 12.3. The van der Waals surface area contributed by atoms with Gasteiger partial charge in [-0.25, -0.2) is 13.8 Å². The summed E-state index contributed by atoms with van der Waals surface area (Å²) in [6, 6.07) is 20.4. The van der Waals surface area contributed by atoms with Gasteiger partial charge >= 0.3 is 0 Å². The molecule has 1 amide bonds. The van der Waals surface area contributed by atoms with Crippen molar-refractivity contribution in [2.45, 2.75) is 13.8 Å². The molecule has 30 heavy (non-hydrogen) atoms. The van der Waals surface area contributed by atoms with Gasteiger partial charge in [0.25, 0.3) is 5.91 Å². The lowest BCUT2D eigenvalue weighted by atomic mass is 10.2. The number of nitrogens with one attached hydrogen (secondary N) is 1. The zero-order chi connectivity index (χ0) is 21.7. The molecule has 0 atom stereocenters. The van der Waals surface area contributed by atoms with Crippen molar-refractivity contribution in [3.8, 4) is 5.69 Å². The molecular formula is C22H24N4O3S. The molecule has 1 aromatic heterocycles. The summed E-state index contributed by atoms with van der Waals surface area (Å²) in [5.41, 5.74) is 6.77. The standard InChI is InChI=1S/C22H24N4O3S/c1-17-14-19(18(2)26(17)21-12-8-5-9-13-21)15-23-24-22(27)16-25(30(3,28)29)20-10-6-4-7-11-20/h4-15H,16H2,1-3H3,(H,24,27)/b23-15-. The summed E-state index contributed by atoms with van der Waals surface area (Å²) in [7, 11) is -3.61. The highest BCUT2D eigenvalue weighted by atomic mass is 32.2. The largest absolute Gasteiger partial charge is 0.318 e. The number of hydrogen-bond donors (Lipinski definition) is 1. The van der Waals surface area contributed by atoms with Gasteiger partial charge in [0.2, 0.25) is 10.0 Å². The molecule has 3 aromatic rings. The zero-order valence-corrected chi connectivity index (χ0v) is 17.9. The number of rotatable bonds is 7. The number of aryl methyl sites for hydroxylation is 1. The fraction of sp³-hybridized carbons (Fsp3) is 0.182. The molecule has 0 spiro atoms. The number of para-hydroxylation sites is 2. The van der Waals surface area contributed by atoms with E-state index in [9.17, 15) is 13.2 Å². The highest BCUT2D eigenvalue weighted by Crippen LogP contribution is 2.19. The lowest BCUT2D eigenvalue weighted by Crippen LogP contribution is -2.38. The summed E-state index contributed by atoms with van der Waals surface area (Å²) >= 11 is 0. The Kier molecular flexibility index (Phi) is 6.37. The lowest BCUT2D eigenvalue weighted by Gasteiger charge is -2.21. The maximum atomic E-state index is 12.3. The number of amides is 1. The maximum Gasteiger partial charge on any atom is 0.260 e. The zero-order valence-electron chi connectivity index (χ0n) is 17.1. The summed E-state index contributed by atoms with van der Waals surface area (Å²) in [6.45, 7) is 3.62. The van der Waals surface area contributed by atoms with Crippen LogP contribution in [0.2, 0.25) is 0 Å². The van der Waals surface area contributed by atoms with E-state index in [0.717, 1.165) is 33.2 Å². The van der Waals surface area contributed by atoms with Gasteiger partial charge in [0.05, 0.1) is 18.2 Å². The minimum atomic E-state index is -3.61. The molecule has 3 rings (SSSR count). The molecule has 0 saturated heterocycles. The third kappa shape index (κ3) is 4.96. The molecular weight excluding hydrogens is 400 g/mol. The molecule has 0 unspecified atom stereocenters. The second-order valence-corrected chi connectivity index (χ2v) is 8.80. The Morgan fingerprint density at radius 1 is 1.07 bits per heavy atom. The van der Waals surface area contributed by atoms with E-state index in [-0.39, 0.29) is 6.54 Å². The highest BCUT2D eigenvalue weighted by molar-refractivity contribution is 7.92. The van der Waals surface area contributed by atoms with Crippen LogP contribution < -0.4 is 9.73 Å². The first-order valence-corrected chi connectivity index (χ1v) is 11.2. The van der Waals surface area contributed by atoms with Crippen LogP contribution in [0.1, 0.15) is 17.0 Å². The summed E-state index contributed by atoms with van der Waals surface area (Å²) < 4.78 is 27.3. The second-order valence-electron chi connectivity index (χ2n) is 6.90. The van der Waals surface area contributed by atoms with Crippen molar-refractivity contribution in [1.29, 1.82) is 0 Å². The molecule has 0 aliphatic heterocycles. The van der Waals surface area contributed by atoms with Gasteiger partial charge in [-0.2, -0.15) is 5.10 Å². The summed E-state index contributed by atoms with van der Waals surface area (Å²) in [5, 5.41) is 4.02. The van der Waals surface area contributed by atoms with E-state index < -0.39 is 15.9 Å². The van der Waals surface area contributed by atoms with Crippen LogP contribution in [-0.2, 0) is 14.8 Å². The number of hydrazone groups is 1. The number of carbonyl (C=O) groups excluding carboxylic acids is 1. The van der Waals surface area contributed by atoms with Crippen LogP contribution in [0, 0.1) is 13.8 Å². The van der Waals surface area contributed by atoms with Gasteiger partial charge in [-0.1, -0.05) is 36.4 Å². The SMILES string of the molecule is Cc1cc(/C=N\NC(=O)CN(c2ccccc2)S(C)(=O)=O)c(C)n1-c1ccccc1. The topological polar surface area (TPSA) is 83.8 Å². The summed E-state index contributed by atoms with van der Waals surface area (Å²) in [4.78, 5) is 12.3. The van der Waals surface area contributed by atoms with E-state index in [0.29, 0.717) is 5.69 Å². The Hall–Kier alpha value is -3.39. The average Bonchev–Trinajstić information content (AvgIpc) is 3.00. The number of nitrogens with zero attached hydrogens (tertiary/aromatic N) is 3. The van der Waals surface area contributed by atoms with E-state index in [1.807, 2.05) is 50.2 Å². The van der Waals surface area contributed by atoms with Crippen molar-refractivity contribution in [3.63, 3.8) is 0 Å². The van der Waals surface area contributed by atoms with Crippen LogP contribution in [-0.4, -0.2) is 37.9 Å². The first-order chi connectivity index (χ1) is 14.3. The van der Waals surface area contributed by atoms with Crippen molar-refractivity contribution < 1.29 is 13.2 Å². The Morgan fingerprint density at radius 2 is 1.67 bits per heavy atom. The van der Waals surface area contributed by atoms with E-state index in [4.69, 9.17) is 0 Å². The molecule has 1 N–H and O–H groups in total. The Balaban J connectivity index is 1.72. The van der Waals surface area contributed by atoms with Gasteiger partial charge in [0.1, 0.15) is 6.54 Å². The number of benzene rings is 2. The van der Waals surface area contributed by atoms with Crippen LogP contribution in [0.15, 0.2) is 71.8 Å². The fourth-order valence-electron chi connectivity index (χ4n) is 3.23. The van der Waals surface area contributed by atoms with Gasteiger partial charge in [-0.15, -0.1) is 0 Å². The smallest absolute Gasteiger partial charge is 0.260 e. The van der Waals surface area contributed by atoms with Crippen molar-refractivity contribution in [2.24, 2.45) is 5.10 Å². The molecule has 0 aliphatic carbocycles. The van der Waals surface area contributed by atoms with Gasteiger partial charge in [-0.05, 0) is 44.2 Å². The summed E-state index contributed by atoms with van der Waals surface area (Å²) in [6.07, 6.45) is 2.63. The van der Waals surface area contributed by atoms with Crippen LogP contribution in [0.25, 0.3) is 5.69 Å². The van der Waals surface area contributed by atoms with Crippen LogP contribution in [0.3, 0.4) is 0 Å². The Morgan fingerprint density at radius 3 is 2.27 bits per heavy atom. The number of sulfonamides is 1. The van der Waals surface area contributed by atoms with Gasteiger partial charge in [0, 0.05) is 22.6 Å². The third-order valence-electron chi connectivity index (χ3n) is 4.61. The van der Waals surface area contributed by atoms with Crippen molar-refractivity contribution in [1.82, 2.24) is 9.99 Å². The van der Waals surface area contributed by atoms with Gasteiger partial charge < -0.3 is 4.57 Å². The van der Waals surface area contributed by atoms with E-state index in [1.54, 1.807) is 36.5 Å². The molecule has 0 bridgehead atoms. The quantitative estimate of drug-likeness (QED) is 0.467. The lowest BCUT2D eigenvalue weighted by molar-refractivity contribution is -0.119. The molecule has 0 fully saturated rings. The highest BCUT2D eigenvalue weighted by Gasteiger charge is 2.20. The molecule has 0 radical (unpaired) electrons. The minimum Gasteiger partial charge on any atom is -0.318 e. The fourth-order valence-corrected chi connectivity index (χ4v) is 4.08. The number of anilines is 1. The molecule has 1 heterocycles. The van der Waals surface area contributed by atoms with E-state index in [2.05, 4.69) is 15.1 Å². The monoisotopic (exact) mass is 424 g/mol. The van der Waals surface area contributed by atoms with Crippen LogP contribution in [0.5, 0.6) is 0 Å². The van der Waals surface area contributed by atoms with Crippen LogP contribution in [0.4, 0.5) is 5.69 Å². The Labute approximate surface area is 176 Å². The normalized spacial score (nSPS) is 11.6. The molecule has 156 valence electrons. The number of aromatic nitrogens is 1. The van der Waals surface area contributed by atoms with Crippen molar-refractivity contribution >= 4 is 27.8 Å². The molecule has 8 heteroatoms. The van der Waals surface area contributed by atoms with Gasteiger partial charge in [-0.3, -0.25) is 9.10 Å². The minimum absolute atomic E-state index is 0.358. The predicted octanol–water partition coefficient (Wildman–Crippen LogP) is 3.01. The second kappa shape index (κ2) is 8.96. The molecule has 0 aliphatic rings. The van der Waals surface area contributed by atoms with E-state index >= 15 is 0 Å². The predicted molar refractivity (Wildman–Crippen MR) is 120 cm³/mol. The van der Waals surface area contributed by atoms with Crippen molar-refractivity contribution in [3.05, 3.63) is 83.7 Å². The molecule has 0 saturated carbocycles. The first-order valence-electron chi connectivity index (χ1n) is 9.36.